The van der Waals surface area contributed by atoms with E-state index in [0.29, 0.717) is 0 Å². The lowest BCUT2D eigenvalue weighted by atomic mass is 9.82. The van der Waals surface area contributed by atoms with Gasteiger partial charge in [-0.15, -0.1) is 0 Å². The van der Waals surface area contributed by atoms with Crippen LogP contribution < -0.4 is 0 Å². The molecule has 2 N–H and O–H groups in total. The maximum Gasteiger partial charge on any atom is 0.340 e. The number of carboxylic acid groups (broad SMARTS) is 1. The molecule has 0 amide bonds. The van der Waals surface area contributed by atoms with Gasteiger partial charge in [-0.1, -0.05) is 48.9 Å². The van der Waals surface area contributed by atoms with E-state index in [0.717, 1.165) is 23.1 Å². The van der Waals surface area contributed by atoms with E-state index in [1.165, 1.54) is 6.08 Å². The molecule has 3 nitrogen and oxygen atoms in total. The highest BCUT2D eigenvalue weighted by Crippen LogP contribution is 2.34. The van der Waals surface area contributed by atoms with Gasteiger partial charge in [0.1, 0.15) is 0 Å². The third-order valence-corrected chi connectivity index (χ3v) is 3.27. The van der Waals surface area contributed by atoms with E-state index in [4.69, 9.17) is 5.11 Å². The molecule has 3 heteroatoms. The van der Waals surface area contributed by atoms with Crippen LogP contribution in [0.2, 0.25) is 0 Å². The predicted octanol–water partition coefficient (Wildman–Crippen LogP) is 2.63. The number of benzene rings is 1. The van der Waals surface area contributed by atoms with E-state index in [-0.39, 0.29) is 6.42 Å². The number of aliphatic hydroxyl groups is 1. The molecule has 1 atom stereocenters. The van der Waals surface area contributed by atoms with Gasteiger partial charge in [0.15, 0.2) is 5.60 Å². The van der Waals surface area contributed by atoms with Crippen molar-refractivity contribution in [1.29, 1.82) is 0 Å². The van der Waals surface area contributed by atoms with Gasteiger partial charge in [-0.05, 0) is 23.6 Å². The summed E-state index contributed by atoms with van der Waals surface area (Å²) in [6, 6.07) is 9.81. The average Bonchev–Trinajstić information content (AvgIpc) is 2.39. The molecule has 18 heavy (non-hydrogen) atoms. The van der Waals surface area contributed by atoms with Gasteiger partial charge in [0.2, 0.25) is 0 Å². The van der Waals surface area contributed by atoms with Crippen molar-refractivity contribution < 1.29 is 15.0 Å². The molecule has 0 bridgehead atoms. The maximum atomic E-state index is 11.1. The summed E-state index contributed by atoms with van der Waals surface area (Å²) < 4.78 is 0. The first kappa shape index (κ1) is 12.6. The number of hydrogen-bond donors (Lipinski definition) is 2. The van der Waals surface area contributed by atoms with Crippen molar-refractivity contribution in [1.82, 2.24) is 0 Å². The van der Waals surface area contributed by atoms with Gasteiger partial charge < -0.3 is 10.2 Å². The molecule has 0 saturated heterocycles. The first-order chi connectivity index (χ1) is 8.57. The second kappa shape index (κ2) is 4.78. The Bertz CT molecular complexity index is 514. The zero-order valence-corrected chi connectivity index (χ0v) is 10.3. The highest BCUT2D eigenvalue weighted by atomic mass is 16.4. The van der Waals surface area contributed by atoms with Crippen LogP contribution in [0, 0.1) is 0 Å². The van der Waals surface area contributed by atoms with E-state index >= 15 is 0 Å². The lowest BCUT2D eigenvalue weighted by Crippen LogP contribution is -2.38. The number of carbonyl (C=O) groups is 1. The van der Waals surface area contributed by atoms with Crippen molar-refractivity contribution in [3.63, 3.8) is 0 Å². The Labute approximate surface area is 106 Å². The van der Waals surface area contributed by atoms with Crippen LogP contribution in [0.3, 0.4) is 0 Å². The minimum Gasteiger partial charge on any atom is -0.479 e. The third kappa shape index (κ3) is 2.22. The summed E-state index contributed by atoms with van der Waals surface area (Å²) in [4.78, 5) is 11.1. The molecular weight excluding hydrogens is 228 g/mol. The third-order valence-electron chi connectivity index (χ3n) is 3.27. The summed E-state index contributed by atoms with van der Waals surface area (Å²) >= 11 is 0. The maximum absolute atomic E-state index is 11.1. The molecule has 2 rings (SSSR count). The molecule has 0 aromatic heterocycles. The van der Waals surface area contributed by atoms with Crippen LogP contribution in [0.1, 0.15) is 25.3 Å². The molecule has 0 heterocycles. The van der Waals surface area contributed by atoms with Gasteiger partial charge in [-0.25, -0.2) is 4.79 Å². The van der Waals surface area contributed by atoms with Crippen molar-refractivity contribution in [3.05, 3.63) is 53.6 Å². The van der Waals surface area contributed by atoms with Gasteiger partial charge in [0.25, 0.3) is 0 Å². The number of carboxylic acids is 1. The Hall–Kier alpha value is -1.87. The topological polar surface area (TPSA) is 57.5 Å². The van der Waals surface area contributed by atoms with Gasteiger partial charge in [0, 0.05) is 6.42 Å². The highest BCUT2D eigenvalue weighted by Gasteiger charge is 2.36. The van der Waals surface area contributed by atoms with Crippen molar-refractivity contribution in [2.45, 2.75) is 25.4 Å². The van der Waals surface area contributed by atoms with E-state index in [1.807, 2.05) is 37.3 Å². The molecule has 0 saturated carbocycles. The Kier molecular flexibility index (Phi) is 3.34. The number of rotatable bonds is 3. The number of allylic oxidation sites excluding steroid dienone is 2. The minimum atomic E-state index is -1.76. The molecule has 0 fully saturated rings. The Morgan fingerprint density at radius 2 is 2.00 bits per heavy atom. The van der Waals surface area contributed by atoms with E-state index in [9.17, 15) is 9.90 Å². The smallest absolute Gasteiger partial charge is 0.340 e. The minimum absolute atomic E-state index is 0.152. The van der Waals surface area contributed by atoms with Crippen LogP contribution >= 0.6 is 0 Å². The van der Waals surface area contributed by atoms with Crippen molar-refractivity contribution in [2.75, 3.05) is 0 Å². The van der Waals surface area contributed by atoms with Gasteiger partial charge >= 0.3 is 5.97 Å². The molecular formula is C15H16O3. The van der Waals surface area contributed by atoms with Crippen molar-refractivity contribution >= 4 is 11.5 Å². The zero-order chi connectivity index (χ0) is 13.2. The van der Waals surface area contributed by atoms with Gasteiger partial charge in [-0.2, -0.15) is 0 Å². The fraction of sp³-hybridized carbons (Fsp3) is 0.267. The molecule has 0 spiro atoms. The molecule has 1 aliphatic carbocycles. The molecule has 0 aliphatic heterocycles. The van der Waals surface area contributed by atoms with Crippen LogP contribution in [0.15, 0.2) is 48.1 Å². The summed E-state index contributed by atoms with van der Waals surface area (Å²) in [5.41, 5.74) is 1.28. The van der Waals surface area contributed by atoms with Crippen molar-refractivity contribution in [2.24, 2.45) is 0 Å². The normalized spacial score (nSPS) is 23.2. The monoisotopic (exact) mass is 244 g/mol. The standard InChI is InChI=1S/C15H16O3/c1-2-11-10-15(18,14(16)17)9-8-13(11)12-6-4-3-5-7-12/h3-9,18H,2,10H2,1H3,(H,16,17). The van der Waals surface area contributed by atoms with E-state index in [2.05, 4.69) is 0 Å². The fourth-order valence-corrected chi connectivity index (χ4v) is 2.20. The fourth-order valence-electron chi connectivity index (χ4n) is 2.20. The van der Waals surface area contributed by atoms with Crippen LogP contribution in [-0.4, -0.2) is 21.8 Å². The lowest BCUT2D eigenvalue weighted by molar-refractivity contribution is -0.153. The number of aliphatic carboxylic acids is 1. The summed E-state index contributed by atoms with van der Waals surface area (Å²) in [6.07, 6.45) is 3.96. The number of hydrogen-bond acceptors (Lipinski definition) is 2. The summed E-state index contributed by atoms with van der Waals surface area (Å²) in [5.74, 6) is -1.20. The Morgan fingerprint density at radius 3 is 2.56 bits per heavy atom. The summed E-state index contributed by atoms with van der Waals surface area (Å²) in [6.45, 7) is 1.97. The Morgan fingerprint density at radius 1 is 1.33 bits per heavy atom. The SMILES string of the molecule is CCC1=C(c2ccccc2)C=CC(O)(C(=O)O)C1. The quantitative estimate of drug-likeness (QED) is 0.859. The van der Waals surface area contributed by atoms with Crippen LogP contribution in [-0.2, 0) is 4.79 Å². The van der Waals surface area contributed by atoms with Crippen LogP contribution in [0.25, 0.3) is 5.57 Å². The second-order valence-corrected chi connectivity index (χ2v) is 4.48. The van der Waals surface area contributed by atoms with Gasteiger partial charge in [0.05, 0.1) is 0 Å². The van der Waals surface area contributed by atoms with E-state index in [1.54, 1.807) is 6.08 Å². The van der Waals surface area contributed by atoms with Crippen LogP contribution in [0.4, 0.5) is 0 Å². The molecule has 1 aliphatic rings. The molecule has 1 aromatic carbocycles. The van der Waals surface area contributed by atoms with Crippen LogP contribution in [0.5, 0.6) is 0 Å². The first-order valence-electron chi connectivity index (χ1n) is 5.99. The lowest BCUT2D eigenvalue weighted by Gasteiger charge is -2.26. The van der Waals surface area contributed by atoms with E-state index < -0.39 is 11.6 Å². The highest BCUT2D eigenvalue weighted by molar-refractivity contribution is 5.86. The van der Waals surface area contributed by atoms with Gasteiger partial charge in [-0.3, -0.25) is 0 Å². The molecule has 1 aromatic rings. The largest absolute Gasteiger partial charge is 0.479 e. The molecule has 1 unspecified atom stereocenters. The molecule has 94 valence electrons. The summed E-state index contributed by atoms with van der Waals surface area (Å²) in [7, 11) is 0. The average molecular weight is 244 g/mol. The second-order valence-electron chi connectivity index (χ2n) is 4.48. The first-order valence-corrected chi connectivity index (χ1v) is 5.99. The zero-order valence-electron chi connectivity index (χ0n) is 10.3. The molecule has 0 radical (unpaired) electrons. The Balaban J connectivity index is 2.41. The summed E-state index contributed by atoms with van der Waals surface area (Å²) in [5, 5.41) is 19.0. The predicted molar refractivity (Wildman–Crippen MR) is 70.0 cm³/mol. The van der Waals surface area contributed by atoms with Crippen molar-refractivity contribution in [3.8, 4) is 0 Å².